The molecule has 212 valence electrons. The van der Waals surface area contributed by atoms with E-state index in [0.29, 0.717) is 24.9 Å². The zero-order chi connectivity index (χ0) is 26.7. The molecule has 7 rings (SSSR count). The van der Waals surface area contributed by atoms with E-state index in [1.807, 2.05) is 6.92 Å². The summed E-state index contributed by atoms with van der Waals surface area (Å²) in [6, 6.07) is 0. The molecule has 0 amide bonds. The summed E-state index contributed by atoms with van der Waals surface area (Å²) in [5.74, 6) is 0.720. The number of fused-ring (bicyclic) bond motifs is 3. The van der Waals surface area contributed by atoms with E-state index in [0.717, 1.165) is 56.9 Å². The molecule has 7 aliphatic rings. The molecule has 0 radical (unpaired) electrons. The van der Waals surface area contributed by atoms with Gasteiger partial charge in [-0.05, 0) is 87.0 Å². The number of ether oxygens (including phenoxy) is 5. The average Bonchev–Trinajstić information content (AvgIpc) is 3.32. The Balaban J connectivity index is 1.09. The van der Waals surface area contributed by atoms with Crippen LogP contribution in [0.5, 0.6) is 0 Å². The fraction of sp³-hybridized carbons (Fsp3) is 0.900. The molecule has 2 N–H and O–H groups in total. The van der Waals surface area contributed by atoms with Gasteiger partial charge in [-0.25, -0.2) is 4.79 Å². The largest absolute Gasteiger partial charge is 0.458 e. The predicted octanol–water partition coefficient (Wildman–Crippen LogP) is 3.27. The fourth-order valence-electron chi connectivity index (χ4n) is 10.4. The topological polar surface area (TPSA) is 107 Å². The van der Waals surface area contributed by atoms with Gasteiger partial charge in [0, 0.05) is 25.0 Å². The van der Waals surface area contributed by atoms with E-state index in [4.69, 9.17) is 23.7 Å². The van der Waals surface area contributed by atoms with Gasteiger partial charge in [0.2, 0.25) is 0 Å². The van der Waals surface area contributed by atoms with Crippen molar-refractivity contribution in [1.82, 2.24) is 0 Å². The van der Waals surface area contributed by atoms with Gasteiger partial charge in [-0.3, -0.25) is 0 Å². The van der Waals surface area contributed by atoms with Crippen LogP contribution in [0.1, 0.15) is 78.6 Å². The van der Waals surface area contributed by atoms with E-state index in [2.05, 4.69) is 13.8 Å². The molecule has 3 aliphatic heterocycles. The molecule has 0 aromatic heterocycles. The van der Waals surface area contributed by atoms with Gasteiger partial charge < -0.3 is 33.9 Å². The lowest BCUT2D eigenvalue weighted by atomic mass is 9.43. The Morgan fingerprint density at radius 1 is 1.08 bits per heavy atom. The quantitative estimate of drug-likeness (QED) is 0.323. The molecule has 0 unspecified atom stereocenters. The lowest BCUT2D eigenvalue weighted by Crippen LogP contribution is -2.68. The van der Waals surface area contributed by atoms with Crippen molar-refractivity contribution in [3.05, 3.63) is 11.6 Å². The molecule has 0 aromatic rings. The summed E-state index contributed by atoms with van der Waals surface area (Å²) in [6.45, 7) is 6.93. The van der Waals surface area contributed by atoms with Crippen molar-refractivity contribution < 1.29 is 38.7 Å². The van der Waals surface area contributed by atoms with Gasteiger partial charge in [0.05, 0.1) is 24.4 Å². The highest BCUT2D eigenvalue weighted by Crippen LogP contribution is 2.77. The molecule has 4 saturated carbocycles. The maximum atomic E-state index is 12.6. The van der Waals surface area contributed by atoms with Crippen molar-refractivity contribution in [2.24, 2.45) is 28.6 Å². The number of hydrogen-bond acceptors (Lipinski definition) is 8. The van der Waals surface area contributed by atoms with Crippen molar-refractivity contribution in [3.8, 4) is 0 Å². The van der Waals surface area contributed by atoms with E-state index in [9.17, 15) is 15.0 Å². The van der Waals surface area contributed by atoms with Crippen LogP contribution in [0.3, 0.4) is 0 Å². The Bertz CT molecular complexity index is 1030. The second kappa shape index (κ2) is 8.49. The number of carbonyl (C=O) groups is 1. The van der Waals surface area contributed by atoms with Gasteiger partial charge >= 0.3 is 5.97 Å². The second-order valence-electron chi connectivity index (χ2n) is 13.9. The van der Waals surface area contributed by atoms with Gasteiger partial charge in [0.25, 0.3) is 0 Å². The normalized spacial score (nSPS) is 57.3. The number of aliphatic hydroxyl groups excluding tert-OH is 1. The minimum absolute atomic E-state index is 0.0853. The highest BCUT2D eigenvalue weighted by molar-refractivity contribution is 5.85. The van der Waals surface area contributed by atoms with E-state index in [-0.39, 0.29) is 53.4 Å². The molecule has 4 aliphatic carbocycles. The van der Waals surface area contributed by atoms with Gasteiger partial charge in [0.15, 0.2) is 6.29 Å². The first kappa shape index (κ1) is 25.9. The van der Waals surface area contributed by atoms with Crippen molar-refractivity contribution >= 4 is 5.97 Å². The Morgan fingerprint density at radius 2 is 1.89 bits per heavy atom. The van der Waals surface area contributed by atoms with Crippen molar-refractivity contribution in [1.29, 1.82) is 0 Å². The average molecular weight is 533 g/mol. The summed E-state index contributed by atoms with van der Waals surface area (Å²) in [5, 5.41) is 22.9. The molecule has 0 aromatic carbocycles. The van der Waals surface area contributed by atoms with Crippen molar-refractivity contribution in [3.63, 3.8) is 0 Å². The van der Waals surface area contributed by atoms with Crippen LogP contribution in [0.25, 0.3) is 0 Å². The molecule has 8 nitrogen and oxygen atoms in total. The first-order valence-corrected chi connectivity index (χ1v) is 14.8. The first-order chi connectivity index (χ1) is 18.1. The van der Waals surface area contributed by atoms with E-state index in [1.54, 1.807) is 13.2 Å². The smallest absolute Gasteiger partial charge is 0.331 e. The summed E-state index contributed by atoms with van der Waals surface area (Å²) in [6.07, 6.45) is 8.36. The van der Waals surface area contributed by atoms with Crippen LogP contribution in [-0.2, 0) is 28.5 Å². The van der Waals surface area contributed by atoms with Crippen LogP contribution in [0.2, 0.25) is 0 Å². The number of carbonyl (C=O) groups excluding carboxylic acids is 1. The zero-order valence-corrected chi connectivity index (χ0v) is 23.2. The molecular formula is C30H44O8. The highest BCUT2D eigenvalue weighted by Gasteiger charge is 2.84. The van der Waals surface area contributed by atoms with Crippen LogP contribution in [0.4, 0.5) is 0 Å². The molecule has 3 heterocycles. The molecule has 1 spiro atoms. The van der Waals surface area contributed by atoms with Gasteiger partial charge in [-0.2, -0.15) is 0 Å². The third-order valence-electron chi connectivity index (χ3n) is 12.6. The summed E-state index contributed by atoms with van der Waals surface area (Å²) in [4.78, 5) is 11.8. The fourth-order valence-corrected chi connectivity index (χ4v) is 10.4. The number of aliphatic hydroxyl groups is 2. The van der Waals surface area contributed by atoms with Gasteiger partial charge in [-0.15, -0.1) is 0 Å². The zero-order valence-electron chi connectivity index (χ0n) is 23.2. The first-order valence-electron chi connectivity index (χ1n) is 14.8. The molecule has 6 fully saturated rings. The monoisotopic (exact) mass is 532 g/mol. The molecule has 2 saturated heterocycles. The molecular weight excluding hydrogens is 488 g/mol. The Morgan fingerprint density at radius 3 is 2.63 bits per heavy atom. The summed E-state index contributed by atoms with van der Waals surface area (Å²) in [5.41, 5.74) is -0.505. The molecule has 13 atom stereocenters. The number of cyclic esters (lactones) is 1. The van der Waals surface area contributed by atoms with Crippen LogP contribution in [0, 0.1) is 28.6 Å². The van der Waals surface area contributed by atoms with Crippen LogP contribution in [-0.4, -0.2) is 77.9 Å². The van der Waals surface area contributed by atoms with Crippen molar-refractivity contribution in [2.75, 3.05) is 13.7 Å². The standard InChI is InChI=1S/C30H44O8/c1-16-26(32)21(34-4)14-25(36-16)37-19-5-8-27(2)18(12-19)13-23-30(38-23)22(27)7-9-28(3)20(6-10-29(28,30)33)17-11-24(31)35-15-17/h11,16,18-23,25-26,32-33H,5-10,12-15H2,1-4H3/t16-,18+,19+,20-,21-,22-,23+,25+,26+,27+,28-,29-,30-/m1/s1. The third kappa shape index (κ3) is 3.28. The molecule has 0 bridgehead atoms. The Hall–Kier alpha value is -1.03. The third-order valence-corrected chi connectivity index (χ3v) is 12.6. The number of methoxy groups -OCH3 is 1. The number of rotatable bonds is 4. The van der Waals surface area contributed by atoms with E-state index >= 15 is 0 Å². The van der Waals surface area contributed by atoms with E-state index in [1.165, 1.54) is 0 Å². The summed E-state index contributed by atoms with van der Waals surface area (Å²) >= 11 is 0. The SMILES string of the molecule is CO[C@@H]1C[C@H](O[C@H]2CC[C@@]3(C)[C@@H](C2)C[C@@H]2O[C@]24[C@@H]3CC[C@]2(C)[C@@H](C3=CC(=O)OC3)CC[C@]42O)O[C@H](C)[C@@H]1O. The maximum Gasteiger partial charge on any atom is 0.331 e. The lowest BCUT2D eigenvalue weighted by Gasteiger charge is -2.62. The van der Waals surface area contributed by atoms with Gasteiger partial charge in [-0.1, -0.05) is 13.8 Å². The number of hydrogen-bond donors (Lipinski definition) is 2. The lowest BCUT2D eigenvalue weighted by molar-refractivity contribution is -0.272. The highest BCUT2D eigenvalue weighted by atomic mass is 16.7. The Kier molecular flexibility index (Phi) is 5.79. The maximum absolute atomic E-state index is 12.6. The Labute approximate surface area is 225 Å². The molecule has 8 heteroatoms. The molecule has 38 heavy (non-hydrogen) atoms. The van der Waals surface area contributed by atoms with Crippen LogP contribution in [0.15, 0.2) is 11.6 Å². The predicted molar refractivity (Wildman–Crippen MR) is 136 cm³/mol. The summed E-state index contributed by atoms with van der Waals surface area (Å²) in [7, 11) is 1.63. The van der Waals surface area contributed by atoms with Gasteiger partial charge in [0.1, 0.15) is 23.9 Å². The number of epoxide rings is 1. The van der Waals surface area contributed by atoms with E-state index < -0.39 is 17.3 Å². The second-order valence-corrected chi connectivity index (χ2v) is 13.9. The number of esters is 1. The minimum Gasteiger partial charge on any atom is -0.458 e. The summed E-state index contributed by atoms with van der Waals surface area (Å²) < 4.78 is 30.0. The van der Waals surface area contributed by atoms with Crippen LogP contribution < -0.4 is 0 Å². The van der Waals surface area contributed by atoms with Crippen molar-refractivity contribution in [2.45, 2.75) is 127 Å². The minimum atomic E-state index is -0.881. The van der Waals surface area contributed by atoms with Crippen LogP contribution >= 0.6 is 0 Å².